The average Bonchev–Trinajstić information content (AvgIpc) is 2.94. The van der Waals surface area contributed by atoms with E-state index in [1.807, 2.05) is 7.05 Å². The fourth-order valence-electron chi connectivity index (χ4n) is 3.06. The van der Waals surface area contributed by atoms with Crippen LogP contribution in [0.2, 0.25) is 0 Å². The quantitative estimate of drug-likeness (QED) is 0.861. The summed E-state index contributed by atoms with van der Waals surface area (Å²) in [6, 6.07) is 0.659. The van der Waals surface area contributed by atoms with Gasteiger partial charge in [0.2, 0.25) is 0 Å². The van der Waals surface area contributed by atoms with Gasteiger partial charge in [0.15, 0.2) is 0 Å². The van der Waals surface area contributed by atoms with Crippen molar-refractivity contribution in [1.82, 2.24) is 9.97 Å². The summed E-state index contributed by atoms with van der Waals surface area (Å²) in [7, 11) is 1.92. The Balaban J connectivity index is 2.25. The Hall–Kier alpha value is -1.32. The van der Waals surface area contributed by atoms with Crippen molar-refractivity contribution in [2.24, 2.45) is 5.92 Å². The molecule has 0 atom stereocenters. The molecule has 1 heterocycles. The van der Waals surface area contributed by atoms with Crippen molar-refractivity contribution in [2.45, 2.75) is 58.9 Å². The number of rotatable bonds is 6. The van der Waals surface area contributed by atoms with Gasteiger partial charge < -0.3 is 10.2 Å². The second kappa shape index (κ2) is 6.91. The predicted molar refractivity (Wildman–Crippen MR) is 85.4 cm³/mol. The number of nitrogens with one attached hydrogen (secondary N) is 1. The molecule has 1 fully saturated rings. The molecule has 4 heteroatoms. The van der Waals surface area contributed by atoms with Gasteiger partial charge in [0.25, 0.3) is 0 Å². The minimum atomic E-state index is 0.659. The lowest BCUT2D eigenvalue weighted by atomic mass is 10.1. The van der Waals surface area contributed by atoms with Crippen molar-refractivity contribution in [1.29, 1.82) is 0 Å². The molecule has 0 spiro atoms. The van der Waals surface area contributed by atoms with Crippen LogP contribution < -0.4 is 10.2 Å². The first-order chi connectivity index (χ1) is 9.63. The van der Waals surface area contributed by atoms with Crippen LogP contribution >= 0.6 is 0 Å². The molecule has 0 aromatic carbocycles. The summed E-state index contributed by atoms with van der Waals surface area (Å²) in [4.78, 5) is 11.4. The van der Waals surface area contributed by atoms with Crippen LogP contribution in [0.5, 0.6) is 0 Å². The van der Waals surface area contributed by atoms with Crippen LogP contribution in [0.3, 0.4) is 0 Å². The maximum absolute atomic E-state index is 4.58. The van der Waals surface area contributed by atoms with Crippen molar-refractivity contribution >= 4 is 11.6 Å². The topological polar surface area (TPSA) is 41.1 Å². The van der Waals surface area contributed by atoms with Crippen LogP contribution in [-0.2, 0) is 0 Å². The van der Waals surface area contributed by atoms with Gasteiger partial charge in [0.05, 0.1) is 0 Å². The van der Waals surface area contributed by atoms with Gasteiger partial charge in [-0.3, -0.25) is 0 Å². The lowest BCUT2D eigenvalue weighted by molar-refractivity contribution is 0.524. The molecule has 1 saturated carbocycles. The summed E-state index contributed by atoms with van der Waals surface area (Å²) in [5.74, 6) is 2.80. The number of aromatic nitrogens is 2. The van der Waals surface area contributed by atoms with Crippen molar-refractivity contribution < 1.29 is 0 Å². The number of nitrogens with zero attached hydrogens (tertiary/aromatic N) is 3. The Morgan fingerprint density at radius 2 is 2.00 bits per heavy atom. The zero-order valence-corrected chi connectivity index (χ0v) is 13.3. The van der Waals surface area contributed by atoms with Gasteiger partial charge >= 0.3 is 0 Å². The summed E-state index contributed by atoms with van der Waals surface area (Å²) >= 11 is 0. The van der Waals surface area contributed by atoms with E-state index < -0.39 is 0 Å². The minimum absolute atomic E-state index is 0.659. The van der Waals surface area contributed by atoms with Crippen LogP contribution in [-0.4, -0.2) is 29.6 Å². The van der Waals surface area contributed by atoms with E-state index in [1.54, 1.807) is 6.33 Å². The van der Waals surface area contributed by atoms with E-state index >= 15 is 0 Å². The molecule has 0 bridgehead atoms. The van der Waals surface area contributed by atoms with E-state index in [0.29, 0.717) is 6.04 Å². The van der Waals surface area contributed by atoms with Crippen LogP contribution in [0, 0.1) is 12.8 Å². The van der Waals surface area contributed by atoms with Crippen LogP contribution in [0.4, 0.5) is 11.6 Å². The third-order valence-corrected chi connectivity index (χ3v) is 4.28. The molecule has 1 aromatic rings. The lowest BCUT2D eigenvalue weighted by Crippen LogP contribution is -2.36. The maximum Gasteiger partial charge on any atom is 0.137 e. The summed E-state index contributed by atoms with van der Waals surface area (Å²) in [6.45, 7) is 7.80. The normalized spacial score (nSPS) is 15.8. The fraction of sp³-hybridized carbons (Fsp3) is 0.750. The van der Waals surface area contributed by atoms with Gasteiger partial charge in [-0.2, -0.15) is 0 Å². The standard InChI is InChI=1S/C16H28N4/c1-12(2)9-10-20(14-7-5-6-8-14)16-13(3)15(17-4)18-11-19-16/h11-12,14H,5-10H2,1-4H3,(H,17,18,19). The van der Waals surface area contributed by atoms with Gasteiger partial charge in [-0.05, 0) is 32.1 Å². The monoisotopic (exact) mass is 276 g/mol. The van der Waals surface area contributed by atoms with Gasteiger partial charge in [-0.25, -0.2) is 9.97 Å². The molecule has 4 nitrogen and oxygen atoms in total. The average molecular weight is 276 g/mol. The molecule has 1 N–H and O–H groups in total. The number of hydrogen-bond acceptors (Lipinski definition) is 4. The van der Waals surface area contributed by atoms with Gasteiger partial charge in [-0.15, -0.1) is 0 Å². The molecule has 1 aromatic heterocycles. The molecular formula is C16H28N4. The highest BCUT2D eigenvalue weighted by Crippen LogP contribution is 2.31. The third-order valence-electron chi connectivity index (χ3n) is 4.28. The van der Waals surface area contributed by atoms with Crippen LogP contribution in [0.1, 0.15) is 51.5 Å². The lowest BCUT2D eigenvalue weighted by Gasteiger charge is -2.32. The molecule has 2 rings (SSSR count). The smallest absolute Gasteiger partial charge is 0.137 e. The largest absolute Gasteiger partial charge is 0.373 e. The molecule has 0 aliphatic heterocycles. The van der Waals surface area contributed by atoms with Gasteiger partial charge in [-0.1, -0.05) is 26.7 Å². The minimum Gasteiger partial charge on any atom is -0.373 e. The van der Waals surface area contributed by atoms with E-state index in [0.717, 1.165) is 24.1 Å². The molecule has 112 valence electrons. The molecule has 0 amide bonds. The number of anilines is 2. The Morgan fingerprint density at radius 1 is 1.30 bits per heavy atom. The van der Waals surface area contributed by atoms with E-state index in [4.69, 9.17) is 0 Å². The Bertz CT molecular complexity index is 424. The van der Waals surface area contributed by atoms with E-state index in [2.05, 4.69) is 41.0 Å². The first kappa shape index (κ1) is 15.1. The first-order valence-electron chi connectivity index (χ1n) is 7.89. The summed E-state index contributed by atoms with van der Waals surface area (Å²) in [5.41, 5.74) is 1.17. The van der Waals surface area contributed by atoms with E-state index in [9.17, 15) is 0 Å². The van der Waals surface area contributed by atoms with E-state index in [-0.39, 0.29) is 0 Å². The second-order valence-electron chi connectivity index (χ2n) is 6.24. The van der Waals surface area contributed by atoms with Gasteiger partial charge in [0.1, 0.15) is 18.0 Å². The highest BCUT2D eigenvalue weighted by atomic mass is 15.2. The SMILES string of the molecule is CNc1ncnc(N(CCC(C)C)C2CCCC2)c1C. The maximum atomic E-state index is 4.58. The molecule has 20 heavy (non-hydrogen) atoms. The predicted octanol–water partition coefficient (Wildman–Crippen LogP) is 3.62. The zero-order chi connectivity index (χ0) is 14.5. The summed E-state index contributed by atoms with van der Waals surface area (Å²) in [5, 5.41) is 3.17. The Kier molecular flexibility index (Phi) is 5.21. The molecule has 0 radical (unpaired) electrons. The summed E-state index contributed by atoms with van der Waals surface area (Å²) in [6.07, 6.45) is 8.21. The molecule has 1 aliphatic carbocycles. The van der Waals surface area contributed by atoms with E-state index in [1.165, 1.54) is 37.7 Å². The Labute approximate surface area is 123 Å². The highest BCUT2D eigenvalue weighted by molar-refractivity contribution is 5.58. The van der Waals surface area contributed by atoms with Crippen LogP contribution in [0.25, 0.3) is 0 Å². The van der Waals surface area contributed by atoms with Crippen molar-refractivity contribution in [3.63, 3.8) is 0 Å². The first-order valence-corrected chi connectivity index (χ1v) is 7.89. The molecule has 0 saturated heterocycles. The van der Waals surface area contributed by atoms with Crippen molar-refractivity contribution in [3.8, 4) is 0 Å². The molecule has 0 unspecified atom stereocenters. The van der Waals surface area contributed by atoms with Crippen molar-refractivity contribution in [2.75, 3.05) is 23.8 Å². The third kappa shape index (κ3) is 3.41. The summed E-state index contributed by atoms with van der Waals surface area (Å²) < 4.78 is 0. The highest BCUT2D eigenvalue weighted by Gasteiger charge is 2.25. The second-order valence-corrected chi connectivity index (χ2v) is 6.24. The number of hydrogen-bond donors (Lipinski definition) is 1. The Morgan fingerprint density at radius 3 is 2.60 bits per heavy atom. The van der Waals surface area contributed by atoms with Crippen LogP contribution in [0.15, 0.2) is 6.33 Å². The van der Waals surface area contributed by atoms with Crippen molar-refractivity contribution in [3.05, 3.63) is 11.9 Å². The zero-order valence-electron chi connectivity index (χ0n) is 13.3. The van der Waals surface area contributed by atoms with Gasteiger partial charge in [0, 0.05) is 25.2 Å². The fourth-order valence-corrected chi connectivity index (χ4v) is 3.06. The molecular weight excluding hydrogens is 248 g/mol. The molecule has 1 aliphatic rings.